The van der Waals surface area contributed by atoms with Gasteiger partial charge in [-0.3, -0.25) is 20.2 Å². The third-order valence-electron chi connectivity index (χ3n) is 2.77. The molecule has 0 atom stereocenters. The van der Waals surface area contributed by atoms with Crippen LogP contribution >= 0.6 is 0 Å². The molecule has 0 spiro atoms. The van der Waals surface area contributed by atoms with Crippen molar-refractivity contribution in [2.45, 2.75) is 13.3 Å². The van der Waals surface area contributed by atoms with E-state index in [9.17, 15) is 4.79 Å². The molecule has 8 heteroatoms. The van der Waals surface area contributed by atoms with Crippen LogP contribution in [0.5, 0.6) is 0 Å². The highest BCUT2D eigenvalue weighted by atomic mass is 16.2. The van der Waals surface area contributed by atoms with Gasteiger partial charge in [0.2, 0.25) is 5.91 Å². The van der Waals surface area contributed by atoms with Crippen molar-refractivity contribution in [3.63, 3.8) is 0 Å². The molecule has 0 aromatic heterocycles. The average Bonchev–Trinajstić information content (AvgIpc) is 2.40. The zero-order valence-corrected chi connectivity index (χ0v) is 12.5. The van der Waals surface area contributed by atoms with Crippen molar-refractivity contribution in [1.29, 1.82) is 0 Å². The minimum Gasteiger partial charge on any atom is -0.309 e. The number of nitrogens with one attached hydrogen (secondary N) is 2. The summed E-state index contributed by atoms with van der Waals surface area (Å²) >= 11 is 0. The lowest BCUT2D eigenvalue weighted by Gasteiger charge is -2.18. The van der Waals surface area contributed by atoms with E-state index >= 15 is 0 Å². The summed E-state index contributed by atoms with van der Waals surface area (Å²) in [6.45, 7) is 4.65. The van der Waals surface area contributed by atoms with E-state index in [1.807, 2.05) is 21.0 Å². The summed E-state index contributed by atoms with van der Waals surface area (Å²) in [5, 5.41) is 8.34. The van der Waals surface area contributed by atoms with Crippen LogP contribution in [0.25, 0.3) is 0 Å². The van der Waals surface area contributed by atoms with Gasteiger partial charge in [0.05, 0.1) is 25.3 Å². The van der Waals surface area contributed by atoms with Gasteiger partial charge in [0.25, 0.3) is 0 Å². The number of nitrogens with zero attached hydrogens (tertiary/aromatic N) is 4. The lowest BCUT2D eigenvalue weighted by atomic mass is 10.4. The molecule has 8 nitrogen and oxygen atoms in total. The van der Waals surface area contributed by atoms with Crippen molar-refractivity contribution >= 4 is 17.5 Å². The molecule has 0 saturated carbocycles. The van der Waals surface area contributed by atoms with Crippen LogP contribution in [0.15, 0.2) is 10.1 Å². The van der Waals surface area contributed by atoms with Gasteiger partial charge in [-0.25, -0.2) is 5.84 Å². The Hall–Kier alpha value is -1.51. The van der Waals surface area contributed by atoms with Gasteiger partial charge in [0.1, 0.15) is 5.84 Å². The summed E-state index contributed by atoms with van der Waals surface area (Å²) in [7, 11) is 3.98. The lowest BCUT2D eigenvalue weighted by molar-refractivity contribution is -0.130. The molecule has 0 radical (unpaired) electrons. The fourth-order valence-corrected chi connectivity index (χ4v) is 1.61. The van der Waals surface area contributed by atoms with Crippen molar-refractivity contribution in [2.75, 3.05) is 46.8 Å². The van der Waals surface area contributed by atoms with E-state index < -0.39 is 0 Å². The first-order valence-corrected chi connectivity index (χ1v) is 6.72. The zero-order valence-electron chi connectivity index (χ0n) is 12.5. The van der Waals surface area contributed by atoms with E-state index in [0.717, 1.165) is 24.5 Å². The topological polar surface area (TPSA) is 98.3 Å². The van der Waals surface area contributed by atoms with Crippen molar-refractivity contribution in [3.05, 3.63) is 0 Å². The second kappa shape index (κ2) is 8.62. The molecule has 1 aliphatic heterocycles. The molecule has 1 rings (SSSR count). The van der Waals surface area contributed by atoms with Crippen LogP contribution in [0.3, 0.4) is 0 Å². The van der Waals surface area contributed by atoms with Gasteiger partial charge < -0.3 is 10.2 Å². The molecule has 0 saturated heterocycles. The van der Waals surface area contributed by atoms with Gasteiger partial charge in [-0.05, 0) is 34.0 Å². The Morgan fingerprint density at radius 2 is 2.20 bits per heavy atom. The third kappa shape index (κ3) is 6.60. The zero-order chi connectivity index (χ0) is 15.0. The van der Waals surface area contributed by atoms with E-state index in [4.69, 9.17) is 5.84 Å². The molecule has 0 bridgehead atoms. The maximum absolute atomic E-state index is 11.7. The maximum Gasteiger partial charge on any atom is 0.250 e. The Kier molecular flexibility index (Phi) is 7.13. The van der Waals surface area contributed by atoms with Crippen LogP contribution in [0.4, 0.5) is 0 Å². The van der Waals surface area contributed by atoms with Crippen LogP contribution in [0.2, 0.25) is 0 Å². The number of nitrogens with two attached hydrogens (primary N) is 1. The Morgan fingerprint density at radius 1 is 1.45 bits per heavy atom. The maximum atomic E-state index is 11.7. The van der Waals surface area contributed by atoms with Crippen molar-refractivity contribution in [2.24, 2.45) is 15.9 Å². The highest BCUT2D eigenvalue weighted by Crippen LogP contribution is 1.89. The number of amides is 1. The van der Waals surface area contributed by atoms with E-state index in [1.165, 1.54) is 5.01 Å². The highest BCUT2D eigenvalue weighted by molar-refractivity contribution is 5.93. The fraction of sp³-hybridized carbons (Fsp3) is 0.750. The number of carbonyl (C=O) groups excluding carboxylic acids is 1. The molecule has 20 heavy (non-hydrogen) atoms. The van der Waals surface area contributed by atoms with Gasteiger partial charge in [-0.15, -0.1) is 0 Å². The second-order valence-corrected chi connectivity index (χ2v) is 5.07. The summed E-state index contributed by atoms with van der Waals surface area (Å²) in [6.07, 6.45) is 0.859. The third-order valence-corrected chi connectivity index (χ3v) is 2.77. The average molecular weight is 283 g/mol. The summed E-state index contributed by atoms with van der Waals surface area (Å²) in [5.41, 5.74) is 3.78. The Morgan fingerprint density at radius 3 is 2.80 bits per heavy atom. The minimum absolute atomic E-state index is 0.125. The van der Waals surface area contributed by atoms with Gasteiger partial charge in [0, 0.05) is 6.54 Å². The minimum atomic E-state index is -0.125. The number of carbonyl (C=O) groups is 1. The normalized spacial score (nSPS) is 14.7. The molecule has 114 valence electrons. The van der Waals surface area contributed by atoms with E-state index in [0.29, 0.717) is 19.6 Å². The predicted molar refractivity (Wildman–Crippen MR) is 80.5 cm³/mol. The smallest absolute Gasteiger partial charge is 0.250 e. The van der Waals surface area contributed by atoms with Crippen LogP contribution in [-0.2, 0) is 4.79 Å². The molecule has 0 aliphatic carbocycles. The molecule has 1 aliphatic rings. The predicted octanol–water partition coefficient (Wildman–Crippen LogP) is -1.39. The summed E-state index contributed by atoms with van der Waals surface area (Å²) < 4.78 is 0. The SMILES string of the molecule is CC1=NNC(CNCC(=O)N(N)CCCN(C)C)=NC1. The van der Waals surface area contributed by atoms with Crippen LogP contribution in [-0.4, -0.2) is 74.2 Å². The summed E-state index contributed by atoms with van der Waals surface area (Å²) in [5.74, 6) is 6.31. The first-order chi connectivity index (χ1) is 9.49. The first-order valence-electron chi connectivity index (χ1n) is 6.72. The van der Waals surface area contributed by atoms with E-state index in [1.54, 1.807) is 0 Å². The Labute approximate surface area is 120 Å². The van der Waals surface area contributed by atoms with E-state index in [-0.39, 0.29) is 12.5 Å². The lowest BCUT2D eigenvalue weighted by Crippen LogP contribution is -2.45. The van der Waals surface area contributed by atoms with Crippen molar-refractivity contribution in [1.82, 2.24) is 20.7 Å². The quantitative estimate of drug-likeness (QED) is 0.289. The van der Waals surface area contributed by atoms with E-state index in [2.05, 4.69) is 25.7 Å². The van der Waals surface area contributed by atoms with Crippen LogP contribution in [0.1, 0.15) is 13.3 Å². The molecule has 0 aromatic rings. The molecular formula is C12H25N7O. The highest BCUT2D eigenvalue weighted by Gasteiger charge is 2.10. The van der Waals surface area contributed by atoms with Gasteiger partial charge >= 0.3 is 0 Å². The summed E-state index contributed by atoms with van der Waals surface area (Å²) in [6, 6.07) is 0. The second-order valence-electron chi connectivity index (χ2n) is 5.07. The number of hydrogen-bond donors (Lipinski definition) is 3. The van der Waals surface area contributed by atoms with Gasteiger partial charge in [-0.2, -0.15) is 5.10 Å². The van der Waals surface area contributed by atoms with Gasteiger partial charge in [0.15, 0.2) is 0 Å². The Bertz CT molecular complexity index is 378. The molecule has 0 unspecified atom stereocenters. The monoisotopic (exact) mass is 283 g/mol. The molecule has 0 aromatic carbocycles. The number of aliphatic imine (C=N–C) groups is 1. The van der Waals surface area contributed by atoms with Crippen molar-refractivity contribution < 1.29 is 4.79 Å². The van der Waals surface area contributed by atoms with Crippen LogP contribution < -0.4 is 16.6 Å². The largest absolute Gasteiger partial charge is 0.309 e. The molecule has 4 N–H and O–H groups in total. The number of hydrazine groups is 1. The number of hydrogen-bond acceptors (Lipinski definition) is 7. The molecule has 1 heterocycles. The first kappa shape index (κ1) is 16.5. The molecule has 0 fully saturated rings. The fourth-order valence-electron chi connectivity index (χ4n) is 1.61. The molecule has 1 amide bonds. The van der Waals surface area contributed by atoms with Gasteiger partial charge in [-0.1, -0.05) is 0 Å². The van der Waals surface area contributed by atoms with Crippen molar-refractivity contribution in [3.8, 4) is 0 Å². The number of rotatable bonds is 8. The number of amidine groups is 1. The standard InChI is InChI=1S/C12H25N7O/c1-10-7-15-11(17-16-10)8-14-9-12(20)19(13)6-4-5-18(2)3/h14H,4-9,13H2,1-3H3,(H,15,17). The molecular weight excluding hydrogens is 258 g/mol. The van der Waals surface area contributed by atoms with Crippen LogP contribution in [0, 0.1) is 0 Å². The number of hydrazone groups is 1. The Balaban J connectivity index is 2.13. The summed E-state index contributed by atoms with van der Waals surface area (Å²) in [4.78, 5) is 18.1.